The highest BCUT2D eigenvalue weighted by molar-refractivity contribution is 6.30. The van der Waals surface area contributed by atoms with Crippen LogP contribution < -0.4 is 5.32 Å². The highest BCUT2D eigenvalue weighted by atomic mass is 35.5. The number of likely N-dealkylation sites (N-methyl/N-ethyl adjacent to an activating group) is 1. The molecule has 5 heteroatoms. The molecular weight excluding hydrogens is 274 g/mol. The van der Waals surface area contributed by atoms with Crippen LogP contribution >= 0.6 is 11.6 Å². The Hall–Kier alpha value is -1.26. The number of hydrogen-bond acceptors (Lipinski definition) is 2. The predicted molar refractivity (Wildman–Crippen MR) is 82.2 cm³/mol. The van der Waals surface area contributed by atoms with Gasteiger partial charge in [0.25, 0.3) is 0 Å². The normalized spacial score (nSPS) is 16.6. The minimum atomic E-state index is 0.0590. The van der Waals surface area contributed by atoms with Crippen molar-refractivity contribution < 1.29 is 4.79 Å². The Morgan fingerprint density at radius 1 is 1.40 bits per heavy atom. The molecule has 1 saturated heterocycles. The maximum atomic E-state index is 11.5. The van der Waals surface area contributed by atoms with Gasteiger partial charge in [0.05, 0.1) is 0 Å². The molecule has 0 bridgehead atoms. The fourth-order valence-corrected chi connectivity index (χ4v) is 2.47. The van der Waals surface area contributed by atoms with Gasteiger partial charge in [-0.25, -0.2) is 4.79 Å². The van der Waals surface area contributed by atoms with E-state index in [1.807, 2.05) is 17.0 Å². The zero-order valence-corrected chi connectivity index (χ0v) is 12.9. The minimum absolute atomic E-state index is 0.0590. The number of nitrogens with zero attached hydrogens (tertiary/aromatic N) is 2. The SMILES string of the molecule is C[C@@H](Cc1ccc(Cl)cc1)N(C)CCN1CCNC1=O. The largest absolute Gasteiger partial charge is 0.336 e. The van der Waals surface area contributed by atoms with Gasteiger partial charge in [0.15, 0.2) is 0 Å². The smallest absolute Gasteiger partial charge is 0.317 e. The van der Waals surface area contributed by atoms with Crippen LogP contribution in [0.15, 0.2) is 24.3 Å². The van der Waals surface area contributed by atoms with Gasteiger partial charge < -0.3 is 15.1 Å². The molecule has 1 atom stereocenters. The van der Waals surface area contributed by atoms with Crippen LogP contribution in [0.3, 0.4) is 0 Å². The summed E-state index contributed by atoms with van der Waals surface area (Å²) in [7, 11) is 2.11. The summed E-state index contributed by atoms with van der Waals surface area (Å²) in [6.45, 7) is 5.47. The molecule has 1 aliphatic heterocycles. The Morgan fingerprint density at radius 3 is 2.70 bits per heavy atom. The second-order valence-corrected chi connectivity index (χ2v) is 5.82. The lowest BCUT2D eigenvalue weighted by atomic mass is 10.1. The van der Waals surface area contributed by atoms with E-state index in [1.165, 1.54) is 5.56 Å². The zero-order valence-electron chi connectivity index (χ0n) is 12.1. The van der Waals surface area contributed by atoms with Gasteiger partial charge in [-0.05, 0) is 38.1 Å². The average molecular weight is 296 g/mol. The summed E-state index contributed by atoms with van der Waals surface area (Å²) in [4.78, 5) is 15.6. The maximum Gasteiger partial charge on any atom is 0.317 e. The summed E-state index contributed by atoms with van der Waals surface area (Å²) in [6.07, 6.45) is 0.986. The second kappa shape index (κ2) is 6.95. The molecule has 1 aromatic rings. The highest BCUT2D eigenvalue weighted by Gasteiger charge is 2.20. The van der Waals surface area contributed by atoms with Crippen molar-refractivity contribution in [3.63, 3.8) is 0 Å². The van der Waals surface area contributed by atoms with E-state index in [1.54, 1.807) is 0 Å². The Kier molecular flexibility index (Phi) is 5.26. The molecule has 1 aliphatic rings. The van der Waals surface area contributed by atoms with Gasteiger partial charge in [-0.2, -0.15) is 0 Å². The van der Waals surface area contributed by atoms with E-state index < -0.39 is 0 Å². The maximum absolute atomic E-state index is 11.5. The number of carbonyl (C=O) groups excluding carboxylic acids is 1. The van der Waals surface area contributed by atoms with Crippen LogP contribution in [0.25, 0.3) is 0 Å². The lowest BCUT2D eigenvalue weighted by molar-refractivity contribution is 0.196. The number of carbonyl (C=O) groups is 1. The van der Waals surface area contributed by atoms with Gasteiger partial charge in [0, 0.05) is 37.2 Å². The molecule has 2 rings (SSSR count). The lowest BCUT2D eigenvalue weighted by Gasteiger charge is -2.26. The summed E-state index contributed by atoms with van der Waals surface area (Å²) in [5.74, 6) is 0. The monoisotopic (exact) mass is 295 g/mol. The van der Waals surface area contributed by atoms with Gasteiger partial charge in [-0.1, -0.05) is 23.7 Å². The summed E-state index contributed by atoms with van der Waals surface area (Å²) < 4.78 is 0. The number of halogens is 1. The lowest BCUT2D eigenvalue weighted by Crippen LogP contribution is -2.39. The second-order valence-electron chi connectivity index (χ2n) is 5.38. The van der Waals surface area contributed by atoms with Crippen LogP contribution in [0.4, 0.5) is 4.79 Å². The van der Waals surface area contributed by atoms with Crippen LogP contribution in [0.1, 0.15) is 12.5 Å². The number of urea groups is 1. The first kappa shape index (κ1) is 15.1. The van der Waals surface area contributed by atoms with Crippen molar-refractivity contribution in [2.24, 2.45) is 0 Å². The standard InChI is InChI=1S/C15H22ClN3O/c1-12(11-13-3-5-14(16)6-4-13)18(2)9-10-19-8-7-17-15(19)20/h3-6,12H,7-11H2,1-2H3,(H,17,20)/t12-/m0/s1. The fraction of sp³-hybridized carbons (Fsp3) is 0.533. The minimum Gasteiger partial charge on any atom is -0.336 e. The number of amides is 2. The highest BCUT2D eigenvalue weighted by Crippen LogP contribution is 2.12. The van der Waals surface area contributed by atoms with Crippen LogP contribution in [0, 0.1) is 0 Å². The van der Waals surface area contributed by atoms with E-state index >= 15 is 0 Å². The molecule has 0 aromatic heterocycles. The van der Waals surface area contributed by atoms with Crippen molar-refractivity contribution in [2.75, 3.05) is 33.2 Å². The Balaban J connectivity index is 1.78. The summed E-state index contributed by atoms with van der Waals surface area (Å²) >= 11 is 5.89. The first-order valence-corrected chi connectivity index (χ1v) is 7.41. The first-order chi connectivity index (χ1) is 9.56. The predicted octanol–water partition coefficient (Wildman–Crippen LogP) is 2.23. The van der Waals surface area contributed by atoms with E-state index in [0.29, 0.717) is 6.04 Å². The topological polar surface area (TPSA) is 35.6 Å². The third-order valence-electron chi connectivity index (χ3n) is 3.86. The molecular formula is C15H22ClN3O. The number of nitrogens with one attached hydrogen (secondary N) is 1. The third kappa shape index (κ3) is 4.12. The fourth-order valence-electron chi connectivity index (χ4n) is 2.34. The Morgan fingerprint density at radius 2 is 2.10 bits per heavy atom. The Bertz CT molecular complexity index is 449. The molecule has 0 unspecified atom stereocenters. The molecule has 0 aliphatic carbocycles. The van der Waals surface area contributed by atoms with E-state index in [0.717, 1.165) is 37.6 Å². The van der Waals surface area contributed by atoms with Gasteiger partial charge in [-0.3, -0.25) is 0 Å². The molecule has 0 saturated carbocycles. The third-order valence-corrected chi connectivity index (χ3v) is 4.12. The molecule has 2 amide bonds. The summed E-state index contributed by atoms with van der Waals surface area (Å²) in [6, 6.07) is 8.49. The molecule has 1 N–H and O–H groups in total. The van der Waals surface area contributed by atoms with Crippen molar-refractivity contribution in [3.8, 4) is 0 Å². The molecule has 1 fully saturated rings. The summed E-state index contributed by atoms with van der Waals surface area (Å²) in [5.41, 5.74) is 1.28. The Labute approximate surface area is 125 Å². The number of hydrogen-bond donors (Lipinski definition) is 1. The molecule has 1 aromatic carbocycles. The molecule has 0 spiro atoms. The van der Waals surface area contributed by atoms with Crippen LogP contribution in [0.5, 0.6) is 0 Å². The van der Waals surface area contributed by atoms with E-state index in [2.05, 4.69) is 36.3 Å². The molecule has 20 heavy (non-hydrogen) atoms. The van der Waals surface area contributed by atoms with Gasteiger partial charge >= 0.3 is 6.03 Å². The molecule has 4 nitrogen and oxygen atoms in total. The van der Waals surface area contributed by atoms with Crippen molar-refractivity contribution in [1.82, 2.24) is 15.1 Å². The first-order valence-electron chi connectivity index (χ1n) is 7.03. The molecule has 110 valence electrons. The van der Waals surface area contributed by atoms with E-state index in [9.17, 15) is 4.79 Å². The van der Waals surface area contributed by atoms with E-state index in [-0.39, 0.29) is 6.03 Å². The van der Waals surface area contributed by atoms with Crippen molar-refractivity contribution in [1.29, 1.82) is 0 Å². The molecule has 1 heterocycles. The van der Waals surface area contributed by atoms with Gasteiger partial charge in [0.2, 0.25) is 0 Å². The van der Waals surface area contributed by atoms with E-state index in [4.69, 9.17) is 11.6 Å². The van der Waals surface area contributed by atoms with Crippen LogP contribution in [-0.4, -0.2) is 55.1 Å². The van der Waals surface area contributed by atoms with Crippen molar-refractivity contribution in [2.45, 2.75) is 19.4 Å². The zero-order chi connectivity index (χ0) is 14.5. The van der Waals surface area contributed by atoms with Gasteiger partial charge in [0.1, 0.15) is 0 Å². The number of benzene rings is 1. The molecule has 0 radical (unpaired) electrons. The van der Waals surface area contributed by atoms with Crippen molar-refractivity contribution >= 4 is 17.6 Å². The van der Waals surface area contributed by atoms with Crippen molar-refractivity contribution in [3.05, 3.63) is 34.9 Å². The van der Waals surface area contributed by atoms with Crippen LogP contribution in [-0.2, 0) is 6.42 Å². The number of rotatable bonds is 6. The van der Waals surface area contributed by atoms with Gasteiger partial charge in [-0.15, -0.1) is 0 Å². The summed E-state index contributed by atoms with van der Waals surface area (Å²) in [5, 5.41) is 3.60. The average Bonchev–Trinajstić information content (AvgIpc) is 2.84. The van der Waals surface area contributed by atoms with Crippen LogP contribution in [0.2, 0.25) is 5.02 Å². The quantitative estimate of drug-likeness (QED) is 0.873.